The number of thiocarbonyl (C=S) groups is 1. The van der Waals surface area contributed by atoms with E-state index in [4.69, 9.17) is 44.9 Å². The second-order valence-corrected chi connectivity index (χ2v) is 10.00. The SMILES string of the molecule is CCOc1ccc(NC(=O)CC2C(=O)N(c3ccc(OCC)cc3)C(=S)N2CCc2ccc(Cl)cc2Cl)cc1. The fraction of sp³-hybridized carbons (Fsp3) is 0.276. The van der Waals surface area contributed by atoms with Gasteiger partial charge in [0.05, 0.1) is 25.3 Å². The molecule has 1 unspecified atom stereocenters. The quantitative estimate of drug-likeness (QED) is 0.264. The summed E-state index contributed by atoms with van der Waals surface area (Å²) in [4.78, 5) is 30.0. The molecule has 3 aromatic carbocycles. The zero-order chi connectivity index (χ0) is 27.9. The maximum Gasteiger partial charge on any atom is 0.256 e. The average Bonchev–Trinajstić information content (AvgIpc) is 3.14. The Labute approximate surface area is 243 Å². The minimum atomic E-state index is -0.780. The summed E-state index contributed by atoms with van der Waals surface area (Å²) in [5, 5.41) is 4.28. The summed E-state index contributed by atoms with van der Waals surface area (Å²) in [6.07, 6.45) is 0.436. The molecule has 0 bridgehead atoms. The van der Waals surface area contributed by atoms with E-state index in [-0.39, 0.29) is 18.2 Å². The Morgan fingerprint density at radius 3 is 2.15 bits per heavy atom. The van der Waals surface area contributed by atoms with Crippen LogP contribution in [-0.2, 0) is 16.0 Å². The molecule has 1 atom stereocenters. The summed E-state index contributed by atoms with van der Waals surface area (Å²) in [5.74, 6) is 0.834. The van der Waals surface area contributed by atoms with Gasteiger partial charge >= 0.3 is 0 Å². The van der Waals surface area contributed by atoms with Crippen molar-refractivity contribution in [1.29, 1.82) is 0 Å². The summed E-state index contributed by atoms with van der Waals surface area (Å²) in [7, 11) is 0. The summed E-state index contributed by atoms with van der Waals surface area (Å²) < 4.78 is 11.0. The molecule has 0 aliphatic carbocycles. The molecular weight excluding hydrogens is 557 g/mol. The third-order valence-electron chi connectivity index (χ3n) is 6.19. The lowest BCUT2D eigenvalue weighted by Gasteiger charge is -2.24. The zero-order valence-electron chi connectivity index (χ0n) is 21.7. The molecule has 0 saturated carbocycles. The van der Waals surface area contributed by atoms with Crippen molar-refractivity contribution in [3.63, 3.8) is 0 Å². The Morgan fingerprint density at radius 1 is 0.949 bits per heavy atom. The van der Waals surface area contributed by atoms with Gasteiger partial charge in [-0.1, -0.05) is 29.3 Å². The number of carbonyl (C=O) groups is 2. The van der Waals surface area contributed by atoms with Gasteiger partial charge in [-0.3, -0.25) is 14.5 Å². The van der Waals surface area contributed by atoms with Crippen molar-refractivity contribution in [1.82, 2.24) is 4.90 Å². The lowest BCUT2D eigenvalue weighted by atomic mass is 10.1. The van der Waals surface area contributed by atoms with E-state index in [0.29, 0.717) is 64.2 Å². The molecule has 1 fully saturated rings. The Kier molecular flexibility index (Phi) is 9.67. The van der Waals surface area contributed by atoms with E-state index in [2.05, 4.69) is 5.32 Å². The topological polar surface area (TPSA) is 71.1 Å². The molecule has 39 heavy (non-hydrogen) atoms. The van der Waals surface area contributed by atoms with Crippen LogP contribution < -0.4 is 19.7 Å². The highest BCUT2D eigenvalue weighted by Crippen LogP contribution is 2.30. The highest BCUT2D eigenvalue weighted by Gasteiger charge is 2.44. The van der Waals surface area contributed by atoms with E-state index in [0.717, 1.165) is 5.56 Å². The smallest absolute Gasteiger partial charge is 0.256 e. The number of nitrogens with zero attached hydrogens (tertiary/aromatic N) is 2. The molecule has 0 aromatic heterocycles. The fourth-order valence-electron chi connectivity index (χ4n) is 4.34. The molecule has 3 aromatic rings. The monoisotopic (exact) mass is 585 g/mol. The molecule has 204 valence electrons. The van der Waals surface area contributed by atoms with E-state index < -0.39 is 6.04 Å². The first-order valence-electron chi connectivity index (χ1n) is 12.6. The van der Waals surface area contributed by atoms with E-state index >= 15 is 0 Å². The first kappa shape index (κ1) is 28.7. The standard InChI is InChI=1S/C29H29Cl2N3O4S/c1-3-37-23-11-7-21(8-12-23)32-27(35)18-26-28(36)34(22-9-13-24(14-10-22)38-4-2)29(39)33(26)16-15-19-5-6-20(30)17-25(19)31/h5-14,17,26H,3-4,15-16,18H2,1-2H3,(H,32,35). The van der Waals surface area contributed by atoms with Crippen LogP contribution in [0.15, 0.2) is 66.7 Å². The first-order valence-corrected chi connectivity index (χ1v) is 13.8. The van der Waals surface area contributed by atoms with E-state index in [1.807, 2.05) is 19.9 Å². The predicted octanol–water partition coefficient (Wildman–Crippen LogP) is 6.36. The molecule has 1 N–H and O–H groups in total. The summed E-state index contributed by atoms with van der Waals surface area (Å²) in [5.41, 5.74) is 2.09. The lowest BCUT2D eigenvalue weighted by molar-refractivity contribution is -0.124. The van der Waals surface area contributed by atoms with Gasteiger partial charge in [0.25, 0.3) is 5.91 Å². The zero-order valence-corrected chi connectivity index (χ0v) is 24.0. The van der Waals surface area contributed by atoms with Gasteiger partial charge in [-0.15, -0.1) is 0 Å². The van der Waals surface area contributed by atoms with E-state index in [9.17, 15) is 9.59 Å². The van der Waals surface area contributed by atoms with Crippen molar-refractivity contribution >= 4 is 63.7 Å². The maximum atomic E-state index is 13.7. The van der Waals surface area contributed by atoms with Gasteiger partial charge in [-0.05, 0) is 98.7 Å². The summed E-state index contributed by atoms with van der Waals surface area (Å²) in [6, 6.07) is 18.8. The first-order chi connectivity index (χ1) is 18.8. The minimum absolute atomic E-state index is 0.0753. The van der Waals surface area contributed by atoms with Crippen LogP contribution in [0.4, 0.5) is 11.4 Å². The Bertz CT molecular complexity index is 1340. The number of anilines is 2. The molecule has 1 aliphatic rings. The van der Waals surface area contributed by atoms with Crippen molar-refractivity contribution in [2.24, 2.45) is 0 Å². The van der Waals surface area contributed by atoms with Gasteiger partial charge in [0.15, 0.2) is 5.11 Å². The normalized spacial score (nSPS) is 15.0. The second-order valence-electron chi connectivity index (χ2n) is 8.79. The van der Waals surface area contributed by atoms with Crippen LogP contribution in [0.5, 0.6) is 11.5 Å². The number of halogens is 2. The summed E-state index contributed by atoms with van der Waals surface area (Å²) >= 11 is 18.2. The molecule has 1 aliphatic heterocycles. The highest BCUT2D eigenvalue weighted by atomic mass is 35.5. The molecule has 2 amide bonds. The van der Waals surface area contributed by atoms with Crippen LogP contribution in [-0.4, -0.2) is 47.6 Å². The van der Waals surface area contributed by atoms with Crippen LogP contribution in [0.25, 0.3) is 0 Å². The van der Waals surface area contributed by atoms with Crippen molar-refractivity contribution in [2.45, 2.75) is 32.7 Å². The Balaban J connectivity index is 1.54. The van der Waals surface area contributed by atoms with Crippen LogP contribution in [0.3, 0.4) is 0 Å². The minimum Gasteiger partial charge on any atom is -0.494 e. The van der Waals surface area contributed by atoms with Crippen LogP contribution in [0.1, 0.15) is 25.8 Å². The Hall–Kier alpha value is -3.33. The van der Waals surface area contributed by atoms with Crippen LogP contribution >= 0.6 is 35.4 Å². The number of ether oxygens (including phenoxy) is 2. The molecule has 4 rings (SSSR count). The highest BCUT2D eigenvalue weighted by molar-refractivity contribution is 7.80. The van der Waals surface area contributed by atoms with Crippen LogP contribution in [0, 0.1) is 0 Å². The van der Waals surface area contributed by atoms with Gasteiger partial charge in [-0.25, -0.2) is 0 Å². The fourth-order valence-corrected chi connectivity index (χ4v) is 5.25. The average molecular weight is 587 g/mol. The van der Waals surface area contributed by atoms with Gasteiger partial charge in [0.1, 0.15) is 17.5 Å². The number of carbonyl (C=O) groups excluding carboxylic acids is 2. The number of hydrogen-bond donors (Lipinski definition) is 1. The molecule has 1 saturated heterocycles. The van der Waals surface area contributed by atoms with Crippen molar-refractivity contribution < 1.29 is 19.1 Å². The second kappa shape index (κ2) is 13.2. The number of hydrogen-bond acceptors (Lipinski definition) is 5. The van der Waals surface area contributed by atoms with Crippen molar-refractivity contribution in [2.75, 3.05) is 30.0 Å². The van der Waals surface area contributed by atoms with Crippen LogP contribution in [0.2, 0.25) is 10.0 Å². The maximum absolute atomic E-state index is 13.7. The predicted molar refractivity (Wildman–Crippen MR) is 159 cm³/mol. The largest absolute Gasteiger partial charge is 0.494 e. The molecule has 10 heteroatoms. The van der Waals surface area contributed by atoms with Gasteiger partial charge in [-0.2, -0.15) is 0 Å². The number of amides is 2. The van der Waals surface area contributed by atoms with E-state index in [1.165, 1.54) is 4.90 Å². The molecular formula is C29H29Cl2N3O4S. The van der Waals surface area contributed by atoms with Gasteiger partial charge in [0.2, 0.25) is 5.91 Å². The molecule has 0 radical (unpaired) electrons. The molecule has 0 spiro atoms. The lowest BCUT2D eigenvalue weighted by Crippen LogP contribution is -2.39. The van der Waals surface area contributed by atoms with Gasteiger partial charge < -0.3 is 19.7 Å². The third-order valence-corrected chi connectivity index (χ3v) is 7.19. The van der Waals surface area contributed by atoms with E-state index in [1.54, 1.807) is 65.6 Å². The van der Waals surface area contributed by atoms with Crippen molar-refractivity contribution in [3.8, 4) is 11.5 Å². The summed E-state index contributed by atoms with van der Waals surface area (Å²) in [6.45, 7) is 5.29. The molecule has 7 nitrogen and oxygen atoms in total. The molecule has 1 heterocycles. The number of benzene rings is 3. The Morgan fingerprint density at radius 2 is 1.56 bits per heavy atom. The number of rotatable bonds is 11. The number of nitrogens with one attached hydrogen (secondary N) is 1. The van der Waals surface area contributed by atoms with Gasteiger partial charge in [0, 0.05) is 22.3 Å². The van der Waals surface area contributed by atoms with Crippen molar-refractivity contribution in [3.05, 3.63) is 82.3 Å². The third kappa shape index (κ3) is 7.01.